The third-order valence-electron chi connectivity index (χ3n) is 3.10. The number of hydrogen-bond donors (Lipinski definition) is 2. The van der Waals surface area contributed by atoms with Gasteiger partial charge in [0.25, 0.3) is 11.1 Å². The first-order chi connectivity index (χ1) is 12.3. The van der Waals surface area contributed by atoms with Crippen LogP contribution in [0.5, 0.6) is 11.5 Å². The van der Waals surface area contributed by atoms with Crippen LogP contribution in [-0.2, 0) is 14.4 Å². The van der Waals surface area contributed by atoms with Crippen molar-refractivity contribution in [2.24, 2.45) is 5.73 Å². The lowest BCUT2D eigenvalue weighted by Crippen LogP contribution is -2.36. The van der Waals surface area contributed by atoms with Gasteiger partial charge in [0.05, 0.1) is 11.5 Å². The Morgan fingerprint density at radius 1 is 1.27 bits per heavy atom. The number of imide groups is 1. The van der Waals surface area contributed by atoms with Crippen LogP contribution in [0.25, 0.3) is 6.08 Å². The predicted molar refractivity (Wildman–Crippen MR) is 92.6 cm³/mol. The first-order valence-corrected chi connectivity index (χ1v) is 8.28. The summed E-state index contributed by atoms with van der Waals surface area (Å²) in [5.41, 5.74) is 5.57. The molecule has 138 valence electrons. The summed E-state index contributed by atoms with van der Waals surface area (Å²) in [6.45, 7) is 1.07. The molecule has 10 heteroatoms. The minimum Gasteiger partial charge on any atom is -0.490 e. The van der Waals surface area contributed by atoms with Crippen LogP contribution in [-0.4, -0.2) is 52.8 Å². The van der Waals surface area contributed by atoms with Gasteiger partial charge in [-0.2, -0.15) is 0 Å². The number of amides is 3. The molecule has 0 aromatic heterocycles. The first kappa shape index (κ1) is 19.3. The average Bonchev–Trinajstić information content (AvgIpc) is 2.81. The third-order valence-corrected chi connectivity index (χ3v) is 4.01. The molecule has 0 bridgehead atoms. The maximum Gasteiger partial charge on any atom is 0.341 e. The molecule has 1 aromatic carbocycles. The molecule has 0 spiro atoms. The lowest BCUT2D eigenvalue weighted by atomic mass is 10.2. The van der Waals surface area contributed by atoms with Crippen molar-refractivity contribution in [3.63, 3.8) is 0 Å². The second kappa shape index (κ2) is 8.39. The summed E-state index contributed by atoms with van der Waals surface area (Å²) >= 11 is 0.697. The van der Waals surface area contributed by atoms with Gasteiger partial charge in [-0.25, -0.2) is 4.79 Å². The third kappa shape index (κ3) is 4.76. The number of ether oxygens (including phenoxy) is 2. The minimum absolute atomic E-state index is 0.137. The Balaban J connectivity index is 2.25. The zero-order valence-electron chi connectivity index (χ0n) is 13.8. The summed E-state index contributed by atoms with van der Waals surface area (Å²) in [6.07, 6.45) is 1.47. The molecule has 3 N–H and O–H groups in total. The van der Waals surface area contributed by atoms with Crippen molar-refractivity contribution in [1.29, 1.82) is 0 Å². The molecular weight excluding hydrogens is 364 g/mol. The molecule has 0 unspecified atom stereocenters. The molecule has 0 aliphatic carbocycles. The predicted octanol–water partition coefficient (Wildman–Crippen LogP) is 1.07. The number of carboxylic acid groups (broad SMARTS) is 1. The maximum absolute atomic E-state index is 12.2. The number of rotatable bonds is 8. The minimum atomic E-state index is -1.13. The molecular formula is C16H16N2O7S. The average molecular weight is 380 g/mol. The van der Waals surface area contributed by atoms with Gasteiger partial charge in [-0.1, -0.05) is 6.07 Å². The Kier molecular flexibility index (Phi) is 6.23. The van der Waals surface area contributed by atoms with Crippen molar-refractivity contribution in [2.45, 2.75) is 6.92 Å². The Morgan fingerprint density at radius 3 is 2.62 bits per heavy atom. The van der Waals surface area contributed by atoms with Gasteiger partial charge in [-0.3, -0.25) is 19.3 Å². The molecule has 0 radical (unpaired) electrons. The van der Waals surface area contributed by atoms with Gasteiger partial charge < -0.3 is 20.3 Å². The fourth-order valence-corrected chi connectivity index (χ4v) is 2.92. The van der Waals surface area contributed by atoms with E-state index in [9.17, 15) is 19.2 Å². The van der Waals surface area contributed by atoms with E-state index in [1.807, 2.05) is 0 Å². The van der Waals surface area contributed by atoms with Crippen LogP contribution >= 0.6 is 11.8 Å². The van der Waals surface area contributed by atoms with E-state index in [1.54, 1.807) is 19.1 Å². The second-order valence-electron chi connectivity index (χ2n) is 5.06. The normalized spacial score (nSPS) is 15.4. The van der Waals surface area contributed by atoms with E-state index in [1.165, 1.54) is 12.1 Å². The van der Waals surface area contributed by atoms with Crippen LogP contribution < -0.4 is 15.2 Å². The van der Waals surface area contributed by atoms with Gasteiger partial charge in [-0.15, -0.1) is 0 Å². The Morgan fingerprint density at radius 2 is 2.00 bits per heavy atom. The Bertz CT molecular complexity index is 791. The standard InChI is InChI=1S/C16H16N2O7S/c1-2-24-11-5-9(3-4-10(11)25-8-14(20)21)6-12-15(22)18(7-13(17)19)16(23)26-12/h3-6H,2,7-8H2,1H3,(H2,17,19)(H,20,21)/b12-6-. The van der Waals surface area contributed by atoms with Crippen LogP contribution in [0.2, 0.25) is 0 Å². The highest BCUT2D eigenvalue weighted by Gasteiger charge is 2.35. The smallest absolute Gasteiger partial charge is 0.341 e. The zero-order chi connectivity index (χ0) is 19.3. The summed E-state index contributed by atoms with van der Waals surface area (Å²) in [4.78, 5) is 46.5. The zero-order valence-corrected chi connectivity index (χ0v) is 14.6. The van der Waals surface area contributed by atoms with Crippen LogP contribution in [0.4, 0.5) is 4.79 Å². The fourth-order valence-electron chi connectivity index (χ4n) is 2.08. The lowest BCUT2D eigenvalue weighted by molar-refractivity contribution is -0.139. The van der Waals surface area contributed by atoms with E-state index in [-0.39, 0.29) is 10.7 Å². The van der Waals surface area contributed by atoms with Crippen LogP contribution in [0.3, 0.4) is 0 Å². The first-order valence-electron chi connectivity index (χ1n) is 7.47. The van der Waals surface area contributed by atoms with Crippen LogP contribution in [0.15, 0.2) is 23.1 Å². The molecule has 1 heterocycles. The Hall–Kier alpha value is -3.01. The van der Waals surface area contributed by atoms with E-state index in [0.717, 1.165) is 4.90 Å². The second-order valence-corrected chi connectivity index (χ2v) is 6.05. The van der Waals surface area contributed by atoms with Crippen molar-refractivity contribution in [2.75, 3.05) is 19.8 Å². The summed E-state index contributed by atoms with van der Waals surface area (Å²) in [6, 6.07) is 4.65. The number of thioether (sulfide) groups is 1. The molecule has 1 aliphatic heterocycles. The molecule has 3 amide bonds. The molecule has 0 saturated carbocycles. The number of hydrogen-bond acceptors (Lipinski definition) is 7. The van der Waals surface area contributed by atoms with Crippen LogP contribution in [0.1, 0.15) is 12.5 Å². The van der Waals surface area contributed by atoms with Gasteiger partial charge in [-0.05, 0) is 42.5 Å². The van der Waals surface area contributed by atoms with Crippen molar-refractivity contribution >= 4 is 40.9 Å². The SMILES string of the molecule is CCOc1cc(/C=C2\SC(=O)N(CC(N)=O)C2=O)ccc1OCC(=O)O. The maximum atomic E-state index is 12.2. The number of carboxylic acids is 1. The number of primary amides is 1. The molecule has 26 heavy (non-hydrogen) atoms. The van der Waals surface area contributed by atoms with E-state index in [2.05, 4.69) is 0 Å². The largest absolute Gasteiger partial charge is 0.490 e. The van der Waals surface area contributed by atoms with E-state index in [4.69, 9.17) is 20.3 Å². The number of nitrogens with zero attached hydrogens (tertiary/aromatic N) is 1. The van der Waals surface area contributed by atoms with Gasteiger partial charge in [0.15, 0.2) is 18.1 Å². The number of benzene rings is 1. The summed E-state index contributed by atoms with van der Waals surface area (Å²) in [7, 11) is 0. The van der Waals surface area contributed by atoms with Crippen molar-refractivity contribution in [1.82, 2.24) is 4.90 Å². The monoisotopic (exact) mass is 380 g/mol. The number of carbonyl (C=O) groups excluding carboxylic acids is 3. The highest BCUT2D eigenvalue weighted by molar-refractivity contribution is 8.18. The molecule has 1 aromatic rings. The summed E-state index contributed by atoms with van der Waals surface area (Å²) < 4.78 is 10.6. The number of carbonyl (C=O) groups is 4. The quantitative estimate of drug-likeness (QED) is 0.639. The van der Waals surface area contributed by atoms with Crippen molar-refractivity contribution in [3.05, 3.63) is 28.7 Å². The number of aliphatic carboxylic acids is 1. The van der Waals surface area contributed by atoms with Gasteiger partial charge >= 0.3 is 5.97 Å². The van der Waals surface area contributed by atoms with E-state index < -0.39 is 36.2 Å². The van der Waals surface area contributed by atoms with Crippen molar-refractivity contribution in [3.8, 4) is 11.5 Å². The van der Waals surface area contributed by atoms with Gasteiger partial charge in [0, 0.05) is 0 Å². The summed E-state index contributed by atoms with van der Waals surface area (Å²) in [5.74, 6) is -1.97. The Labute approximate surface area is 152 Å². The topological polar surface area (TPSA) is 136 Å². The highest BCUT2D eigenvalue weighted by atomic mass is 32.2. The molecule has 9 nitrogen and oxygen atoms in total. The van der Waals surface area contributed by atoms with Crippen molar-refractivity contribution < 1.29 is 33.8 Å². The summed E-state index contributed by atoms with van der Waals surface area (Å²) in [5, 5.41) is 8.12. The molecule has 2 rings (SSSR count). The molecule has 1 aliphatic rings. The van der Waals surface area contributed by atoms with E-state index >= 15 is 0 Å². The molecule has 1 fully saturated rings. The van der Waals surface area contributed by atoms with Crippen LogP contribution in [0, 0.1) is 0 Å². The highest BCUT2D eigenvalue weighted by Crippen LogP contribution is 2.34. The molecule has 0 atom stereocenters. The molecule has 1 saturated heterocycles. The van der Waals surface area contributed by atoms with Gasteiger partial charge in [0.2, 0.25) is 5.91 Å². The lowest BCUT2D eigenvalue weighted by Gasteiger charge is -2.11. The van der Waals surface area contributed by atoms with Gasteiger partial charge in [0.1, 0.15) is 6.54 Å². The van der Waals surface area contributed by atoms with E-state index in [0.29, 0.717) is 29.7 Å². The number of nitrogens with two attached hydrogens (primary N) is 1. The fraction of sp³-hybridized carbons (Fsp3) is 0.250.